The lowest BCUT2D eigenvalue weighted by molar-refractivity contribution is 0.110. The Morgan fingerprint density at radius 1 is 1.27 bits per heavy atom. The fourth-order valence-corrected chi connectivity index (χ4v) is 0. The van der Waals surface area contributed by atoms with Gasteiger partial charge in [-0.25, -0.2) is 0 Å². The molecule has 0 spiro atoms. The summed E-state index contributed by atoms with van der Waals surface area (Å²) in [5.41, 5.74) is 0. The van der Waals surface area contributed by atoms with Gasteiger partial charge in [-0.05, 0) is 20.8 Å². The van der Waals surface area contributed by atoms with Crippen molar-refractivity contribution in [3.05, 3.63) is 25.3 Å². The third kappa shape index (κ3) is 89.4. The number of allylic oxidation sites excluding steroid dienone is 2. The largest absolute Gasteiger partial charge is 0.394 e. The summed E-state index contributed by atoms with van der Waals surface area (Å²) in [5, 5.41) is 16.0. The van der Waals surface area contributed by atoms with Gasteiger partial charge in [0.15, 0.2) is 0 Å². The number of aliphatic hydroxyl groups excluding tert-OH is 2. The van der Waals surface area contributed by atoms with Gasteiger partial charge in [-0.3, -0.25) is 0 Å². The molecule has 0 radical (unpaired) electrons. The first-order valence-corrected chi connectivity index (χ1v) is 3.55. The summed E-state index contributed by atoms with van der Waals surface area (Å²) in [6.07, 6.45) is 3.44. The third-order valence-corrected chi connectivity index (χ3v) is 0.598. The Hall–Kier alpha value is -0.600. The average Bonchev–Trinajstić information content (AvgIpc) is 2.08. The van der Waals surface area contributed by atoms with Gasteiger partial charge in [0.2, 0.25) is 0 Å². The zero-order valence-electron chi connectivity index (χ0n) is 7.75. The lowest BCUT2D eigenvalue weighted by Gasteiger charge is -1.90. The Morgan fingerprint density at radius 2 is 1.45 bits per heavy atom. The monoisotopic (exact) mass is 160 g/mol. The van der Waals surface area contributed by atoms with Crippen molar-refractivity contribution in [1.29, 1.82) is 0 Å². The summed E-state index contributed by atoms with van der Waals surface area (Å²) in [6, 6.07) is 0. The first kappa shape index (κ1) is 16.8. The zero-order chi connectivity index (χ0) is 9.70. The molecule has 2 N–H and O–H groups in total. The second-order valence-corrected chi connectivity index (χ2v) is 1.70. The van der Waals surface area contributed by atoms with E-state index in [1.165, 1.54) is 6.92 Å². The van der Waals surface area contributed by atoms with Crippen LogP contribution in [0.25, 0.3) is 0 Å². The lowest BCUT2D eigenvalue weighted by atomic mass is 10.5. The predicted octanol–water partition coefficient (Wildman–Crippen LogP) is 1.74. The summed E-state index contributed by atoms with van der Waals surface area (Å²) in [6.45, 7) is 11.4. The Kier molecular flexibility index (Phi) is 34.7. The number of rotatable bonds is 1. The molecule has 0 aliphatic rings. The Labute approximate surface area is 69.9 Å². The van der Waals surface area contributed by atoms with E-state index in [9.17, 15) is 0 Å². The van der Waals surface area contributed by atoms with Crippen LogP contribution in [0.2, 0.25) is 0 Å². The molecule has 2 heteroatoms. The number of hydrogen-bond donors (Lipinski definition) is 2. The van der Waals surface area contributed by atoms with Crippen LogP contribution in [0.15, 0.2) is 25.3 Å². The molecule has 1 atom stereocenters. The van der Waals surface area contributed by atoms with E-state index in [1.807, 2.05) is 26.0 Å². The van der Waals surface area contributed by atoms with Crippen molar-refractivity contribution < 1.29 is 10.2 Å². The van der Waals surface area contributed by atoms with E-state index < -0.39 is 6.10 Å². The third-order valence-electron chi connectivity index (χ3n) is 0.598. The van der Waals surface area contributed by atoms with Crippen LogP contribution < -0.4 is 0 Å². The molecule has 0 amide bonds. The van der Waals surface area contributed by atoms with E-state index in [-0.39, 0.29) is 6.61 Å². The second-order valence-electron chi connectivity index (χ2n) is 1.70. The van der Waals surface area contributed by atoms with Gasteiger partial charge in [0, 0.05) is 0 Å². The predicted molar refractivity (Wildman–Crippen MR) is 50.5 cm³/mol. The molecule has 0 aromatic heterocycles. The molecular formula is C9H20O2. The number of hydrogen-bond acceptors (Lipinski definition) is 2. The van der Waals surface area contributed by atoms with Crippen molar-refractivity contribution in [2.75, 3.05) is 6.61 Å². The molecule has 0 aromatic rings. The van der Waals surface area contributed by atoms with E-state index in [1.54, 1.807) is 0 Å². The van der Waals surface area contributed by atoms with Gasteiger partial charge in [0.25, 0.3) is 0 Å². The van der Waals surface area contributed by atoms with Gasteiger partial charge >= 0.3 is 0 Å². The molecule has 11 heavy (non-hydrogen) atoms. The summed E-state index contributed by atoms with van der Waals surface area (Å²) >= 11 is 0. The molecule has 0 aromatic carbocycles. The average molecular weight is 160 g/mol. The van der Waals surface area contributed by atoms with Gasteiger partial charge in [-0.15, -0.1) is 13.2 Å². The van der Waals surface area contributed by atoms with Crippen LogP contribution in [0.1, 0.15) is 20.8 Å². The fraction of sp³-hybridized carbons (Fsp3) is 0.556. The second kappa shape index (κ2) is 22.7. The smallest absolute Gasteiger partial charge is 0.0742 e. The van der Waals surface area contributed by atoms with Gasteiger partial charge in [0.05, 0.1) is 12.7 Å². The normalized spacial score (nSPS) is 10.6. The van der Waals surface area contributed by atoms with Crippen LogP contribution in [0.4, 0.5) is 0 Å². The van der Waals surface area contributed by atoms with E-state index in [0.717, 1.165) is 0 Å². The van der Waals surface area contributed by atoms with E-state index >= 15 is 0 Å². The molecule has 68 valence electrons. The van der Waals surface area contributed by atoms with Crippen molar-refractivity contribution in [3.8, 4) is 0 Å². The Bertz CT molecular complexity index is 64.0. The van der Waals surface area contributed by atoms with Gasteiger partial charge < -0.3 is 10.2 Å². The molecule has 0 heterocycles. The standard InChI is InChI=1S/C4H8.C3H8O2.C2H4/c1-3-4-2;1-3(5)2-4;1-2/h3-4H,1-2H3;3-5H,2H2,1H3;1-2H2. The summed E-state index contributed by atoms with van der Waals surface area (Å²) in [4.78, 5) is 0. The molecule has 0 bridgehead atoms. The lowest BCUT2D eigenvalue weighted by Crippen LogP contribution is -2.03. The van der Waals surface area contributed by atoms with Crippen molar-refractivity contribution in [2.24, 2.45) is 0 Å². The summed E-state index contributed by atoms with van der Waals surface area (Å²) < 4.78 is 0. The SMILES string of the molecule is C=C.CC(O)CO.CC=CC. The van der Waals surface area contributed by atoms with Crippen LogP contribution in [0.3, 0.4) is 0 Å². The van der Waals surface area contributed by atoms with E-state index in [4.69, 9.17) is 10.2 Å². The van der Waals surface area contributed by atoms with Crippen molar-refractivity contribution >= 4 is 0 Å². The molecule has 0 rings (SSSR count). The Morgan fingerprint density at radius 3 is 1.45 bits per heavy atom. The fourth-order valence-electron chi connectivity index (χ4n) is 0. The van der Waals surface area contributed by atoms with Crippen LogP contribution in [-0.2, 0) is 0 Å². The number of aliphatic hydroxyl groups is 2. The summed E-state index contributed by atoms with van der Waals surface area (Å²) in [7, 11) is 0. The van der Waals surface area contributed by atoms with Crippen molar-refractivity contribution in [2.45, 2.75) is 26.9 Å². The van der Waals surface area contributed by atoms with Gasteiger partial charge in [-0.2, -0.15) is 0 Å². The topological polar surface area (TPSA) is 40.5 Å². The van der Waals surface area contributed by atoms with E-state index in [0.29, 0.717) is 0 Å². The highest BCUT2D eigenvalue weighted by Gasteiger charge is 1.83. The van der Waals surface area contributed by atoms with Gasteiger partial charge in [0.1, 0.15) is 0 Å². The molecule has 2 nitrogen and oxygen atoms in total. The van der Waals surface area contributed by atoms with Crippen molar-refractivity contribution in [3.63, 3.8) is 0 Å². The molecule has 0 saturated carbocycles. The minimum Gasteiger partial charge on any atom is -0.394 e. The zero-order valence-corrected chi connectivity index (χ0v) is 7.75. The molecule has 1 unspecified atom stereocenters. The molecule has 0 saturated heterocycles. The minimum atomic E-state index is -0.560. The first-order valence-electron chi connectivity index (χ1n) is 3.55. The Balaban J connectivity index is -0.0000000965. The van der Waals surface area contributed by atoms with Crippen LogP contribution in [-0.4, -0.2) is 22.9 Å². The molecule has 0 aliphatic heterocycles. The highest BCUT2D eigenvalue weighted by molar-refractivity contribution is 4.68. The van der Waals surface area contributed by atoms with Crippen LogP contribution in [0, 0.1) is 0 Å². The molecule has 0 fully saturated rings. The quantitative estimate of drug-likeness (QED) is 0.574. The maximum atomic E-state index is 8.11. The minimum absolute atomic E-state index is 0.139. The highest BCUT2D eigenvalue weighted by Crippen LogP contribution is 1.68. The molecule has 0 aliphatic carbocycles. The van der Waals surface area contributed by atoms with E-state index in [2.05, 4.69) is 13.2 Å². The first-order chi connectivity index (χ1) is 5.18. The summed E-state index contributed by atoms with van der Waals surface area (Å²) in [5.74, 6) is 0. The molecular weight excluding hydrogens is 140 g/mol. The maximum absolute atomic E-state index is 8.11. The highest BCUT2D eigenvalue weighted by atomic mass is 16.3. The maximum Gasteiger partial charge on any atom is 0.0742 e. The van der Waals surface area contributed by atoms with Crippen LogP contribution in [0.5, 0.6) is 0 Å². The van der Waals surface area contributed by atoms with Crippen LogP contribution >= 0.6 is 0 Å². The van der Waals surface area contributed by atoms with Gasteiger partial charge in [-0.1, -0.05) is 12.2 Å². The van der Waals surface area contributed by atoms with Crippen molar-refractivity contribution in [1.82, 2.24) is 0 Å².